The molecule has 1 aromatic heterocycles. The molecule has 12 heteroatoms. The van der Waals surface area contributed by atoms with Crippen molar-refractivity contribution in [3.8, 4) is 0 Å². The summed E-state index contributed by atoms with van der Waals surface area (Å²) in [5, 5.41) is 1.16. The molecular weight excluding hydrogens is 458 g/mol. The minimum atomic E-state index is -4.58. The first-order valence-electron chi connectivity index (χ1n) is 8.18. The predicted octanol–water partition coefficient (Wildman–Crippen LogP) is 3.67. The molecular formula is C17H17Cl2N4O4PS. The lowest BCUT2D eigenvalue weighted by Crippen LogP contribution is -2.32. The zero-order valence-corrected chi connectivity index (χ0v) is 18.6. The van der Waals surface area contributed by atoms with Gasteiger partial charge in [0.15, 0.2) is 11.2 Å². The van der Waals surface area contributed by atoms with E-state index >= 15 is 0 Å². The van der Waals surface area contributed by atoms with Crippen LogP contribution >= 0.6 is 30.8 Å². The van der Waals surface area contributed by atoms with Gasteiger partial charge in [0, 0.05) is 41.7 Å². The minimum Gasteiger partial charge on any atom is -0.588 e. The van der Waals surface area contributed by atoms with E-state index in [1.807, 2.05) is 14.1 Å². The van der Waals surface area contributed by atoms with Crippen LogP contribution in [0.4, 0.5) is 11.5 Å². The zero-order valence-electron chi connectivity index (χ0n) is 15.4. The second-order valence-corrected chi connectivity index (χ2v) is 10.2. The standard InChI is InChI=1S/C17H17Cl2N4O4PS/c1-22(2)17-14-4-3-5-15(16(14)20-9-21-17)23(10-28(24,25)26)29(27)13-7-11(18)6-12(19)8-13/h3-9H,10H2,1-2H3,(H2,24,25,26). The predicted molar refractivity (Wildman–Crippen MR) is 116 cm³/mol. The summed E-state index contributed by atoms with van der Waals surface area (Å²) in [6.07, 6.45) is 0.556. The molecule has 8 nitrogen and oxygen atoms in total. The summed E-state index contributed by atoms with van der Waals surface area (Å²) in [6, 6.07) is 9.40. The number of hydrogen-bond acceptors (Lipinski definition) is 6. The third-order valence-electron chi connectivity index (χ3n) is 3.87. The fraction of sp³-hybridized carbons (Fsp3) is 0.176. The summed E-state index contributed by atoms with van der Waals surface area (Å²) < 4.78 is 26.2. The molecule has 0 bridgehead atoms. The van der Waals surface area contributed by atoms with Crippen LogP contribution in [0, 0.1) is 0 Å². The number of hydrogen-bond donors (Lipinski definition) is 2. The second-order valence-electron chi connectivity index (χ2n) is 6.30. The van der Waals surface area contributed by atoms with E-state index in [-0.39, 0.29) is 20.6 Å². The van der Waals surface area contributed by atoms with Gasteiger partial charge < -0.3 is 19.2 Å². The molecule has 2 N–H and O–H groups in total. The van der Waals surface area contributed by atoms with Gasteiger partial charge in [0.25, 0.3) is 0 Å². The number of aromatic nitrogens is 2. The Morgan fingerprint density at radius 2 is 1.79 bits per heavy atom. The maximum Gasteiger partial charge on any atom is 0.349 e. The number of halogens is 2. The van der Waals surface area contributed by atoms with Crippen molar-refractivity contribution in [2.75, 3.05) is 29.6 Å². The number of fused-ring (bicyclic) bond motifs is 1. The monoisotopic (exact) mass is 474 g/mol. The molecule has 0 saturated heterocycles. The van der Waals surface area contributed by atoms with Gasteiger partial charge in [0.05, 0.1) is 0 Å². The highest BCUT2D eigenvalue weighted by Gasteiger charge is 2.32. The van der Waals surface area contributed by atoms with E-state index in [0.29, 0.717) is 16.7 Å². The lowest BCUT2D eigenvalue weighted by Gasteiger charge is -2.27. The Hall–Kier alpha value is -1.58. The van der Waals surface area contributed by atoms with E-state index in [1.165, 1.54) is 24.5 Å². The molecule has 29 heavy (non-hydrogen) atoms. The van der Waals surface area contributed by atoms with Crippen molar-refractivity contribution in [1.82, 2.24) is 9.97 Å². The summed E-state index contributed by atoms with van der Waals surface area (Å²) in [5.74, 6) is 0.615. The van der Waals surface area contributed by atoms with E-state index in [4.69, 9.17) is 23.2 Å². The average Bonchev–Trinajstić information content (AvgIpc) is 2.63. The molecule has 0 aliphatic rings. The molecule has 0 amide bonds. The van der Waals surface area contributed by atoms with Crippen LogP contribution in [0.2, 0.25) is 10.0 Å². The number of para-hydroxylation sites is 1. The van der Waals surface area contributed by atoms with Gasteiger partial charge >= 0.3 is 7.60 Å². The van der Waals surface area contributed by atoms with Gasteiger partial charge in [0.2, 0.25) is 0 Å². The summed E-state index contributed by atoms with van der Waals surface area (Å²) >= 11 is 10.0. The Labute approximate surface area is 180 Å². The maximum absolute atomic E-state index is 13.3. The van der Waals surface area contributed by atoms with Crippen molar-refractivity contribution >= 4 is 64.6 Å². The molecule has 0 spiro atoms. The summed E-state index contributed by atoms with van der Waals surface area (Å²) in [4.78, 5) is 29.7. The highest BCUT2D eigenvalue weighted by Crippen LogP contribution is 2.42. The average molecular weight is 475 g/mol. The molecule has 0 radical (unpaired) electrons. The number of benzene rings is 2. The van der Waals surface area contributed by atoms with Crippen LogP contribution in [-0.4, -0.2) is 44.7 Å². The number of rotatable bonds is 6. The van der Waals surface area contributed by atoms with Crippen LogP contribution in [0.5, 0.6) is 0 Å². The van der Waals surface area contributed by atoms with Gasteiger partial charge in [-0.05, 0) is 18.2 Å². The van der Waals surface area contributed by atoms with E-state index < -0.39 is 25.2 Å². The Bertz CT molecular complexity index is 1080. The molecule has 0 fully saturated rings. The van der Waals surface area contributed by atoms with Gasteiger partial charge in [-0.1, -0.05) is 29.3 Å². The first-order valence-corrected chi connectivity index (χ1v) is 11.8. The Balaban J connectivity index is 2.20. The Morgan fingerprint density at radius 3 is 2.38 bits per heavy atom. The van der Waals surface area contributed by atoms with Crippen LogP contribution in [0.25, 0.3) is 10.9 Å². The third kappa shape index (κ3) is 5.13. The quantitative estimate of drug-likeness (QED) is 0.410. The largest absolute Gasteiger partial charge is 0.588 e. The third-order valence-corrected chi connectivity index (χ3v) is 6.51. The van der Waals surface area contributed by atoms with Crippen molar-refractivity contribution in [3.05, 3.63) is 52.8 Å². The fourth-order valence-electron chi connectivity index (χ4n) is 2.76. The van der Waals surface area contributed by atoms with Gasteiger partial charge in [-0.15, -0.1) is 0 Å². The van der Waals surface area contributed by atoms with Gasteiger partial charge in [-0.25, -0.2) is 9.97 Å². The molecule has 2 aromatic carbocycles. The smallest absolute Gasteiger partial charge is 0.349 e. The number of anilines is 2. The first kappa shape index (κ1) is 22.1. The van der Waals surface area contributed by atoms with Crippen LogP contribution in [-0.2, 0) is 15.9 Å². The van der Waals surface area contributed by atoms with Crippen LogP contribution in [0.3, 0.4) is 0 Å². The summed E-state index contributed by atoms with van der Waals surface area (Å²) in [6.45, 7) is 0. The van der Waals surface area contributed by atoms with Crippen molar-refractivity contribution < 1.29 is 18.9 Å². The lowest BCUT2D eigenvalue weighted by molar-refractivity contribution is 0.373. The summed E-state index contributed by atoms with van der Waals surface area (Å²) in [7, 11) is -0.954. The molecule has 1 heterocycles. The molecule has 3 rings (SSSR count). The van der Waals surface area contributed by atoms with Crippen molar-refractivity contribution in [2.24, 2.45) is 0 Å². The summed E-state index contributed by atoms with van der Waals surface area (Å²) in [5.41, 5.74) is 0.687. The van der Waals surface area contributed by atoms with E-state index in [2.05, 4.69) is 9.97 Å². The van der Waals surface area contributed by atoms with Crippen molar-refractivity contribution in [3.63, 3.8) is 0 Å². The SMILES string of the molecule is CN(C)c1ncnc2c(N(CP(=O)(O)O)[S+]([O-])c3cc(Cl)cc(Cl)c3)cccc12. The molecule has 0 aliphatic carbocycles. The van der Waals surface area contributed by atoms with Crippen LogP contribution in [0.1, 0.15) is 0 Å². The van der Waals surface area contributed by atoms with Gasteiger partial charge in [0.1, 0.15) is 34.7 Å². The van der Waals surface area contributed by atoms with Crippen LogP contribution in [0.15, 0.2) is 47.6 Å². The maximum atomic E-state index is 13.3. The van der Waals surface area contributed by atoms with Crippen LogP contribution < -0.4 is 9.21 Å². The number of nitrogens with zero attached hydrogens (tertiary/aromatic N) is 4. The molecule has 1 atom stereocenters. The molecule has 0 saturated carbocycles. The normalized spacial score (nSPS) is 12.8. The second kappa shape index (κ2) is 8.65. The molecule has 1 unspecified atom stereocenters. The van der Waals surface area contributed by atoms with E-state index in [9.17, 15) is 18.9 Å². The molecule has 154 valence electrons. The lowest BCUT2D eigenvalue weighted by atomic mass is 10.2. The van der Waals surface area contributed by atoms with Gasteiger partial charge in [-0.3, -0.25) is 4.57 Å². The van der Waals surface area contributed by atoms with Crippen molar-refractivity contribution in [2.45, 2.75) is 4.90 Å². The first-order chi connectivity index (χ1) is 13.6. The van der Waals surface area contributed by atoms with E-state index in [0.717, 1.165) is 4.31 Å². The van der Waals surface area contributed by atoms with Gasteiger partial charge in [-0.2, -0.15) is 4.31 Å². The Kier molecular flexibility index (Phi) is 6.60. The topological polar surface area (TPSA) is 113 Å². The molecule has 0 aliphatic heterocycles. The fourth-order valence-corrected chi connectivity index (χ4v) is 5.81. The highest BCUT2D eigenvalue weighted by molar-refractivity contribution is 7.93. The minimum absolute atomic E-state index is 0.204. The Morgan fingerprint density at radius 1 is 1.14 bits per heavy atom. The van der Waals surface area contributed by atoms with Crippen molar-refractivity contribution in [1.29, 1.82) is 0 Å². The molecule has 3 aromatic rings. The van der Waals surface area contributed by atoms with E-state index in [1.54, 1.807) is 23.1 Å². The highest BCUT2D eigenvalue weighted by atomic mass is 35.5. The zero-order chi connectivity index (χ0) is 21.3.